The van der Waals surface area contributed by atoms with Crippen LogP contribution in [0.5, 0.6) is 5.88 Å². The standard InChI is InChI=1S/C12H14F3N3O2/c13-12(14,15)7-20-9-3-2-8(6-17-9)18-10(19)11(16)4-1-5-11/h2-3,6H,1,4-5,7,16H2,(H,18,19). The molecule has 0 aromatic carbocycles. The van der Waals surface area contributed by atoms with E-state index in [1.54, 1.807) is 0 Å². The second-order valence-electron chi connectivity index (χ2n) is 4.75. The molecule has 110 valence electrons. The number of anilines is 1. The van der Waals surface area contributed by atoms with Crippen molar-refractivity contribution in [2.45, 2.75) is 31.0 Å². The van der Waals surface area contributed by atoms with Gasteiger partial charge in [0.25, 0.3) is 0 Å². The Kier molecular flexibility index (Phi) is 3.85. The summed E-state index contributed by atoms with van der Waals surface area (Å²) in [5.74, 6) is -0.471. The van der Waals surface area contributed by atoms with Gasteiger partial charge in [-0.1, -0.05) is 0 Å². The van der Waals surface area contributed by atoms with Crippen molar-refractivity contribution >= 4 is 11.6 Å². The molecule has 1 aromatic heterocycles. The van der Waals surface area contributed by atoms with Crippen LogP contribution in [-0.2, 0) is 4.79 Å². The highest BCUT2D eigenvalue weighted by molar-refractivity contribution is 5.98. The monoisotopic (exact) mass is 289 g/mol. The van der Waals surface area contributed by atoms with Crippen molar-refractivity contribution in [3.05, 3.63) is 18.3 Å². The molecule has 1 saturated carbocycles. The van der Waals surface area contributed by atoms with Gasteiger partial charge in [-0.25, -0.2) is 4.98 Å². The molecule has 8 heteroatoms. The fraction of sp³-hybridized carbons (Fsp3) is 0.500. The maximum absolute atomic E-state index is 11.9. The van der Waals surface area contributed by atoms with Gasteiger partial charge in [-0.2, -0.15) is 13.2 Å². The van der Waals surface area contributed by atoms with Crippen molar-refractivity contribution in [1.82, 2.24) is 4.98 Å². The highest BCUT2D eigenvalue weighted by Gasteiger charge is 2.40. The average molecular weight is 289 g/mol. The number of nitrogens with zero attached hydrogens (tertiary/aromatic N) is 1. The van der Waals surface area contributed by atoms with Crippen molar-refractivity contribution in [3.63, 3.8) is 0 Å². The van der Waals surface area contributed by atoms with Gasteiger partial charge in [-0.15, -0.1) is 0 Å². The lowest BCUT2D eigenvalue weighted by atomic mass is 9.77. The molecule has 0 bridgehead atoms. The summed E-state index contributed by atoms with van der Waals surface area (Å²) in [6, 6.07) is 2.67. The summed E-state index contributed by atoms with van der Waals surface area (Å²) in [6.45, 7) is -1.41. The van der Waals surface area contributed by atoms with Gasteiger partial charge in [-0.3, -0.25) is 4.79 Å². The van der Waals surface area contributed by atoms with Crippen LogP contribution in [0.15, 0.2) is 18.3 Å². The van der Waals surface area contributed by atoms with Crippen molar-refractivity contribution < 1.29 is 22.7 Å². The van der Waals surface area contributed by atoms with Crippen LogP contribution in [0.4, 0.5) is 18.9 Å². The second kappa shape index (κ2) is 5.28. The quantitative estimate of drug-likeness (QED) is 0.886. The summed E-state index contributed by atoms with van der Waals surface area (Å²) in [5, 5.41) is 2.58. The molecule has 0 spiro atoms. The maximum atomic E-state index is 11.9. The fourth-order valence-corrected chi connectivity index (χ4v) is 1.74. The number of halogens is 3. The minimum absolute atomic E-state index is 0.161. The van der Waals surface area contributed by atoms with Gasteiger partial charge in [0.05, 0.1) is 17.4 Å². The first kappa shape index (κ1) is 14.6. The number of nitrogens with one attached hydrogen (secondary N) is 1. The minimum Gasteiger partial charge on any atom is -0.468 e. The Morgan fingerprint density at radius 2 is 2.15 bits per heavy atom. The third kappa shape index (κ3) is 3.60. The molecular formula is C12H14F3N3O2. The number of amides is 1. The van der Waals surface area contributed by atoms with E-state index in [2.05, 4.69) is 15.0 Å². The number of nitrogens with two attached hydrogens (primary N) is 1. The number of hydrogen-bond donors (Lipinski definition) is 2. The van der Waals surface area contributed by atoms with E-state index in [9.17, 15) is 18.0 Å². The van der Waals surface area contributed by atoms with E-state index in [0.717, 1.165) is 6.42 Å². The third-order valence-corrected chi connectivity index (χ3v) is 3.08. The molecule has 0 aliphatic heterocycles. The number of carbonyl (C=O) groups excluding carboxylic acids is 1. The van der Waals surface area contributed by atoms with Crippen molar-refractivity contribution in [3.8, 4) is 5.88 Å². The molecule has 0 radical (unpaired) electrons. The number of pyridine rings is 1. The van der Waals surface area contributed by atoms with Gasteiger partial charge in [-0.05, 0) is 25.3 Å². The number of ether oxygens (including phenoxy) is 1. The Labute approximate surface area is 113 Å². The van der Waals surface area contributed by atoms with E-state index < -0.39 is 18.3 Å². The van der Waals surface area contributed by atoms with Crippen LogP contribution in [0.2, 0.25) is 0 Å². The molecular weight excluding hydrogens is 275 g/mol. The van der Waals surface area contributed by atoms with E-state index >= 15 is 0 Å². The van der Waals surface area contributed by atoms with Crippen LogP contribution in [0.3, 0.4) is 0 Å². The normalized spacial score (nSPS) is 17.2. The smallest absolute Gasteiger partial charge is 0.422 e. The Hall–Kier alpha value is -1.83. The first-order chi connectivity index (χ1) is 9.28. The predicted molar refractivity (Wildman–Crippen MR) is 65.2 cm³/mol. The van der Waals surface area contributed by atoms with Gasteiger partial charge in [0, 0.05) is 6.07 Å². The molecule has 0 atom stereocenters. The van der Waals surface area contributed by atoms with E-state index in [1.807, 2.05) is 0 Å². The SMILES string of the molecule is NC1(C(=O)Nc2ccc(OCC(F)(F)F)nc2)CCC1. The number of aromatic nitrogens is 1. The molecule has 3 N–H and O–H groups in total. The first-order valence-electron chi connectivity index (χ1n) is 6.04. The van der Waals surface area contributed by atoms with Crippen molar-refractivity contribution in [2.75, 3.05) is 11.9 Å². The molecule has 0 saturated heterocycles. The molecule has 0 unspecified atom stereocenters. The number of carbonyl (C=O) groups is 1. The zero-order valence-electron chi connectivity index (χ0n) is 10.5. The van der Waals surface area contributed by atoms with Crippen LogP contribution in [0.25, 0.3) is 0 Å². The second-order valence-corrected chi connectivity index (χ2v) is 4.75. The van der Waals surface area contributed by atoms with E-state index in [4.69, 9.17) is 5.73 Å². The molecule has 1 aromatic rings. The molecule has 1 aliphatic carbocycles. The van der Waals surface area contributed by atoms with Crippen LogP contribution < -0.4 is 15.8 Å². The van der Waals surface area contributed by atoms with E-state index in [1.165, 1.54) is 18.3 Å². The predicted octanol–water partition coefficient (Wildman–Crippen LogP) is 1.84. The summed E-state index contributed by atoms with van der Waals surface area (Å²) >= 11 is 0. The lowest BCUT2D eigenvalue weighted by Gasteiger charge is -2.36. The molecule has 2 rings (SSSR count). The fourth-order valence-electron chi connectivity index (χ4n) is 1.74. The molecule has 1 aliphatic rings. The number of rotatable bonds is 4. The van der Waals surface area contributed by atoms with Crippen molar-refractivity contribution in [2.24, 2.45) is 5.73 Å². The summed E-state index contributed by atoms with van der Waals surface area (Å²) in [7, 11) is 0. The first-order valence-corrected chi connectivity index (χ1v) is 6.04. The van der Waals surface area contributed by atoms with Crippen LogP contribution >= 0.6 is 0 Å². The maximum Gasteiger partial charge on any atom is 0.422 e. The number of alkyl halides is 3. The molecule has 20 heavy (non-hydrogen) atoms. The topological polar surface area (TPSA) is 77.2 Å². The van der Waals surface area contributed by atoms with E-state index in [-0.39, 0.29) is 11.8 Å². The average Bonchev–Trinajstić information content (AvgIpc) is 2.34. The van der Waals surface area contributed by atoms with Crippen molar-refractivity contribution in [1.29, 1.82) is 0 Å². The largest absolute Gasteiger partial charge is 0.468 e. The highest BCUT2D eigenvalue weighted by atomic mass is 19.4. The Morgan fingerprint density at radius 3 is 2.60 bits per heavy atom. The van der Waals surface area contributed by atoms with Gasteiger partial charge in [0.1, 0.15) is 0 Å². The molecule has 1 heterocycles. The van der Waals surface area contributed by atoms with E-state index in [0.29, 0.717) is 18.5 Å². The van der Waals surface area contributed by atoms with Crippen LogP contribution in [0.1, 0.15) is 19.3 Å². The molecule has 5 nitrogen and oxygen atoms in total. The Bertz CT molecular complexity index is 484. The molecule has 1 amide bonds. The zero-order valence-corrected chi connectivity index (χ0v) is 10.5. The van der Waals surface area contributed by atoms with Crippen LogP contribution in [0, 0.1) is 0 Å². The van der Waals surface area contributed by atoms with Gasteiger partial charge < -0.3 is 15.8 Å². The lowest BCUT2D eigenvalue weighted by molar-refractivity contribution is -0.154. The Balaban J connectivity index is 1.90. The summed E-state index contributed by atoms with van der Waals surface area (Å²) < 4.78 is 40.3. The van der Waals surface area contributed by atoms with Gasteiger partial charge >= 0.3 is 6.18 Å². The summed E-state index contributed by atoms with van der Waals surface area (Å²) in [5.41, 5.74) is 5.36. The van der Waals surface area contributed by atoms with Gasteiger partial charge in [0.15, 0.2) is 6.61 Å². The summed E-state index contributed by atoms with van der Waals surface area (Å²) in [6.07, 6.45) is -1.03. The Morgan fingerprint density at radius 1 is 1.45 bits per heavy atom. The lowest BCUT2D eigenvalue weighted by Crippen LogP contribution is -2.56. The zero-order chi connectivity index (χ0) is 14.8. The minimum atomic E-state index is -4.41. The van der Waals surface area contributed by atoms with Gasteiger partial charge in [0.2, 0.25) is 11.8 Å². The number of hydrogen-bond acceptors (Lipinski definition) is 4. The summed E-state index contributed by atoms with van der Waals surface area (Å²) in [4.78, 5) is 15.5. The third-order valence-electron chi connectivity index (χ3n) is 3.08. The highest BCUT2D eigenvalue weighted by Crippen LogP contribution is 2.30. The molecule has 1 fully saturated rings. The van der Waals surface area contributed by atoms with Crippen LogP contribution in [-0.4, -0.2) is 29.2 Å².